The molecular formula is H6CaMgO3SiZr. The fourth-order valence-electron chi connectivity index (χ4n) is 0. The number of hydrogen-bond donors (Lipinski definition) is 2. The first kappa shape index (κ1) is 22.7. The molecule has 0 radical (unpaired) electrons. The smallest absolute Gasteiger partial charge is 1.00 e. The van der Waals surface area contributed by atoms with E-state index >= 15 is 0 Å². The van der Waals surface area contributed by atoms with Crippen molar-refractivity contribution < 1.29 is 46.0 Å². The van der Waals surface area contributed by atoms with Crippen LogP contribution in [0.15, 0.2) is 0 Å². The number of hydrogen-bond acceptors (Lipinski definition) is 1. The summed E-state index contributed by atoms with van der Waals surface area (Å²) in [6.07, 6.45) is 0. The van der Waals surface area contributed by atoms with Crippen LogP contribution in [0, 0.1) is 0 Å². The standard InChI is InChI=1S/Ca.Mg.H2O3Si.Zr.4H/c;;1-4(2)3;;;;;/h;;1-2H;;;;;/q2*+2;;;4*-1. The van der Waals surface area contributed by atoms with Gasteiger partial charge in [0.25, 0.3) is 0 Å². The van der Waals surface area contributed by atoms with Gasteiger partial charge in [0.15, 0.2) is 0 Å². The molecule has 0 saturated carbocycles. The molecule has 0 aromatic heterocycles. The van der Waals surface area contributed by atoms with E-state index in [1.54, 1.807) is 0 Å². The van der Waals surface area contributed by atoms with Crippen LogP contribution in [0.2, 0.25) is 0 Å². The maximum atomic E-state index is 8.74. The summed E-state index contributed by atoms with van der Waals surface area (Å²) in [5.41, 5.74) is 0. The molecule has 0 aromatic carbocycles. The summed E-state index contributed by atoms with van der Waals surface area (Å²) in [5, 5.41) is 0. The fraction of sp³-hybridized carbons (Fsp3) is 0. The van der Waals surface area contributed by atoms with E-state index in [4.69, 9.17) is 14.1 Å². The van der Waals surface area contributed by atoms with Gasteiger partial charge in [0.1, 0.15) is 0 Å². The van der Waals surface area contributed by atoms with Gasteiger partial charge in [0.2, 0.25) is 0 Å². The van der Waals surface area contributed by atoms with Crippen molar-refractivity contribution in [2.45, 2.75) is 0 Å². The van der Waals surface area contributed by atoms with Crippen molar-refractivity contribution >= 4 is 70.0 Å². The molecule has 36 valence electrons. The Labute approximate surface area is 114 Å². The third-order valence-electron chi connectivity index (χ3n) is 0. The summed E-state index contributed by atoms with van der Waals surface area (Å²) < 4.78 is 8.74. The van der Waals surface area contributed by atoms with E-state index in [1.807, 2.05) is 0 Å². The summed E-state index contributed by atoms with van der Waals surface area (Å²) in [5.74, 6) is 0. The van der Waals surface area contributed by atoms with Gasteiger partial charge in [0, 0.05) is 26.2 Å². The molecule has 0 fully saturated rings. The van der Waals surface area contributed by atoms with Gasteiger partial charge in [0.05, 0.1) is 0 Å². The molecule has 7 heavy (non-hydrogen) atoms. The van der Waals surface area contributed by atoms with Crippen LogP contribution < -0.4 is 0 Å². The topological polar surface area (TPSA) is 57.5 Å². The van der Waals surface area contributed by atoms with Crippen molar-refractivity contribution in [3.8, 4) is 0 Å². The van der Waals surface area contributed by atoms with Crippen LogP contribution in [-0.2, 0) is 30.7 Å². The molecule has 0 bridgehead atoms. The largest absolute Gasteiger partial charge is 2.00 e. The molecule has 0 amide bonds. The van der Waals surface area contributed by atoms with E-state index in [9.17, 15) is 0 Å². The quantitative estimate of drug-likeness (QED) is 0.483. The van der Waals surface area contributed by atoms with E-state index < -0.39 is 9.17 Å². The van der Waals surface area contributed by atoms with Crippen molar-refractivity contribution in [2.24, 2.45) is 0 Å². The van der Waals surface area contributed by atoms with Crippen LogP contribution >= 0.6 is 0 Å². The molecule has 0 saturated heterocycles. The van der Waals surface area contributed by atoms with E-state index in [-0.39, 0.29) is 92.7 Å². The van der Waals surface area contributed by atoms with Gasteiger partial charge in [-0.2, -0.15) is 0 Å². The Bertz CT molecular complexity index is 48.3. The predicted octanol–water partition coefficient (Wildman–Crippen LogP) is -1.93. The minimum absolute atomic E-state index is 0. The van der Waals surface area contributed by atoms with Crippen molar-refractivity contribution in [1.82, 2.24) is 0 Å². The second-order valence-electron chi connectivity index (χ2n) is 0.283. The van der Waals surface area contributed by atoms with Crippen molar-refractivity contribution in [1.29, 1.82) is 0 Å². The first-order chi connectivity index (χ1) is 1.73. The number of rotatable bonds is 0. The summed E-state index contributed by atoms with van der Waals surface area (Å²) >= 11 is 0. The molecule has 0 aromatic rings. The zero-order chi connectivity index (χ0) is 3.58. The van der Waals surface area contributed by atoms with E-state index in [1.165, 1.54) is 0 Å². The minimum Gasteiger partial charge on any atom is -1.00 e. The molecule has 0 rings (SSSR count). The molecule has 0 heterocycles. The maximum Gasteiger partial charge on any atom is 2.00 e. The van der Waals surface area contributed by atoms with Crippen molar-refractivity contribution in [2.75, 3.05) is 0 Å². The van der Waals surface area contributed by atoms with Crippen LogP contribution in [0.25, 0.3) is 0 Å². The molecule has 2 N–H and O–H groups in total. The molecule has 0 spiro atoms. The Balaban J connectivity index is -0.00000000214. The van der Waals surface area contributed by atoms with Gasteiger partial charge in [-0.15, -0.1) is 0 Å². The van der Waals surface area contributed by atoms with E-state index in [0.717, 1.165) is 0 Å². The Morgan fingerprint density at radius 1 is 1.43 bits per heavy atom. The molecule has 0 atom stereocenters. The Morgan fingerprint density at radius 3 is 1.43 bits per heavy atom. The molecule has 3 nitrogen and oxygen atoms in total. The monoisotopic (exact) mass is 236 g/mol. The average Bonchev–Trinajstić information content (AvgIpc) is 0.811. The van der Waals surface area contributed by atoms with Crippen molar-refractivity contribution in [3.05, 3.63) is 0 Å². The SMILES string of the molecule is O=[Si](O)O.[Ca+2].[H-].[H-].[H-].[H-].[Mg+2].[Zr]. The molecular weight excluding hydrogens is 232 g/mol. The van der Waals surface area contributed by atoms with Gasteiger partial charge < -0.3 is 15.3 Å². The molecule has 0 unspecified atom stereocenters. The van der Waals surface area contributed by atoms with Gasteiger partial charge in [-0.25, -0.2) is 0 Å². The van der Waals surface area contributed by atoms with Crippen LogP contribution in [0.5, 0.6) is 0 Å². The normalized spacial score (nSPS) is 3.43. The summed E-state index contributed by atoms with van der Waals surface area (Å²) in [6, 6.07) is 0. The first-order valence-corrected chi connectivity index (χ1v) is 1.95. The second kappa shape index (κ2) is 15.8. The minimum atomic E-state index is -3.13. The maximum absolute atomic E-state index is 8.74. The Morgan fingerprint density at radius 2 is 1.43 bits per heavy atom. The van der Waals surface area contributed by atoms with Gasteiger partial charge in [-0.05, 0) is 0 Å². The third kappa shape index (κ3) is 56.9. The summed E-state index contributed by atoms with van der Waals surface area (Å²) in [7, 11) is -3.13. The zero-order valence-corrected chi connectivity index (χ0v) is 10.8. The predicted molar refractivity (Wildman–Crippen MR) is 26.8 cm³/mol. The second-order valence-corrected chi connectivity index (χ2v) is 0.848. The van der Waals surface area contributed by atoms with Gasteiger partial charge >= 0.3 is 70.0 Å². The molecule has 7 heteroatoms. The summed E-state index contributed by atoms with van der Waals surface area (Å²) in [4.78, 5) is 14.3. The molecule has 0 aliphatic heterocycles. The fourth-order valence-corrected chi connectivity index (χ4v) is 0. The summed E-state index contributed by atoms with van der Waals surface area (Å²) in [6.45, 7) is 0. The molecule has 0 aliphatic carbocycles. The Hall–Kier alpha value is 2.53. The van der Waals surface area contributed by atoms with Gasteiger partial charge in [-0.3, -0.25) is 4.46 Å². The van der Waals surface area contributed by atoms with E-state index in [2.05, 4.69) is 0 Å². The Kier molecular flexibility index (Phi) is 51.2. The van der Waals surface area contributed by atoms with E-state index in [0.29, 0.717) is 0 Å². The van der Waals surface area contributed by atoms with Crippen molar-refractivity contribution in [3.63, 3.8) is 0 Å². The average molecular weight is 238 g/mol. The zero-order valence-electron chi connectivity index (χ0n) is 7.72. The molecule has 0 aliphatic rings. The van der Waals surface area contributed by atoms with Crippen LogP contribution in [-0.4, -0.2) is 79.6 Å². The van der Waals surface area contributed by atoms with Gasteiger partial charge in [-0.1, -0.05) is 0 Å². The first-order valence-electron chi connectivity index (χ1n) is 0.651. The third-order valence-corrected chi connectivity index (χ3v) is 0. The van der Waals surface area contributed by atoms with Crippen LogP contribution in [0.4, 0.5) is 0 Å². The van der Waals surface area contributed by atoms with Crippen LogP contribution in [0.3, 0.4) is 0 Å². The van der Waals surface area contributed by atoms with Crippen LogP contribution in [0.1, 0.15) is 5.71 Å².